The summed E-state index contributed by atoms with van der Waals surface area (Å²) >= 11 is 0. The number of aliphatic carboxylic acids is 1. The standard InChI is InChI=1S/C15H21N3O3/c1-9-2-7-12(13(16)19)14(18-9)17-8-10-3-5-11(6-4-10)15(20)21/h2,7,10-11H,3-6,8H2,1H3,(H2,16,19)(H,17,18)(H,20,21). The van der Waals surface area contributed by atoms with Gasteiger partial charge >= 0.3 is 5.97 Å². The van der Waals surface area contributed by atoms with E-state index in [1.165, 1.54) is 0 Å². The van der Waals surface area contributed by atoms with Gasteiger partial charge in [-0.25, -0.2) is 4.98 Å². The summed E-state index contributed by atoms with van der Waals surface area (Å²) in [7, 11) is 0. The Morgan fingerprint density at radius 2 is 2.00 bits per heavy atom. The monoisotopic (exact) mass is 291 g/mol. The number of carbonyl (C=O) groups excluding carboxylic acids is 1. The molecule has 1 aliphatic rings. The minimum absolute atomic E-state index is 0.209. The van der Waals surface area contributed by atoms with Crippen molar-refractivity contribution < 1.29 is 14.7 Å². The third-order valence-electron chi connectivity index (χ3n) is 4.05. The lowest BCUT2D eigenvalue weighted by molar-refractivity contribution is -0.143. The molecule has 0 saturated heterocycles. The normalized spacial score (nSPS) is 21.8. The van der Waals surface area contributed by atoms with Crippen molar-refractivity contribution in [3.05, 3.63) is 23.4 Å². The van der Waals surface area contributed by atoms with E-state index in [0.717, 1.165) is 18.5 Å². The predicted octanol–water partition coefficient (Wildman–Crippen LogP) is 1.79. The van der Waals surface area contributed by atoms with Crippen molar-refractivity contribution in [1.29, 1.82) is 0 Å². The second-order valence-corrected chi connectivity index (χ2v) is 5.65. The number of nitrogens with two attached hydrogens (primary N) is 1. The second kappa shape index (κ2) is 6.56. The van der Waals surface area contributed by atoms with Gasteiger partial charge < -0.3 is 16.2 Å². The molecule has 0 unspecified atom stereocenters. The smallest absolute Gasteiger partial charge is 0.306 e. The molecule has 1 fully saturated rings. The van der Waals surface area contributed by atoms with Crippen LogP contribution in [-0.2, 0) is 4.79 Å². The molecule has 1 heterocycles. The van der Waals surface area contributed by atoms with Crippen LogP contribution in [0.3, 0.4) is 0 Å². The van der Waals surface area contributed by atoms with Crippen LogP contribution in [0, 0.1) is 18.8 Å². The highest BCUT2D eigenvalue weighted by Crippen LogP contribution is 2.29. The number of aromatic nitrogens is 1. The Hall–Kier alpha value is -2.11. The number of rotatable bonds is 5. The molecule has 0 aromatic carbocycles. The van der Waals surface area contributed by atoms with Crippen molar-refractivity contribution >= 4 is 17.7 Å². The Balaban J connectivity index is 1.93. The van der Waals surface area contributed by atoms with Gasteiger partial charge in [0.1, 0.15) is 5.82 Å². The summed E-state index contributed by atoms with van der Waals surface area (Å²) in [6, 6.07) is 3.43. The van der Waals surface area contributed by atoms with Crippen LogP contribution in [0.2, 0.25) is 0 Å². The first kappa shape index (κ1) is 15.3. The maximum absolute atomic E-state index is 11.4. The number of nitrogens with zero attached hydrogens (tertiary/aromatic N) is 1. The van der Waals surface area contributed by atoms with Crippen LogP contribution >= 0.6 is 0 Å². The lowest BCUT2D eigenvalue weighted by Gasteiger charge is -2.26. The molecule has 0 radical (unpaired) electrons. The Morgan fingerprint density at radius 1 is 1.33 bits per heavy atom. The highest BCUT2D eigenvalue weighted by atomic mass is 16.4. The van der Waals surface area contributed by atoms with Crippen LogP contribution in [0.5, 0.6) is 0 Å². The molecule has 0 aliphatic heterocycles. The van der Waals surface area contributed by atoms with Crippen LogP contribution in [0.25, 0.3) is 0 Å². The Labute approximate surface area is 123 Å². The summed E-state index contributed by atoms with van der Waals surface area (Å²) in [5, 5.41) is 12.2. The van der Waals surface area contributed by atoms with Crippen LogP contribution in [-0.4, -0.2) is 28.5 Å². The van der Waals surface area contributed by atoms with Crippen LogP contribution in [0.1, 0.15) is 41.7 Å². The first-order valence-electron chi connectivity index (χ1n) is 7.21. The van der Waals surface area contributed by atoms with E-state index < -0.39 is 11.9 Å². The first-order valence-corrected chi connectivity index (χ1v) is 7.21. The number of nitrogens with one attached hydrogen (secondary N) is 1. The average molecular weight is 291 g/mol. The summed E-state index contributed by atoms with van der Waals surface area (Å²) in [4.78, 5) is 26.6. The number of aryl methyl sites for hydroxylation is 1. The molecule has 2 rings (SSSR count). The molecule has 0 atom stereocenters. The minimum atomic E-state index is -0.697. The van der Waals surface area contributed by atoms with Crippen molar-refractivity contribution in [2.24, 2.45) is 17.6 Å². The van der Waals surface area contributed by atoms with E-state index in [1.54, 1.807) is 12.1 Å². The maximum atomic E-state index is 11.4. The highest BCUT2D eigenvalue weighted by molar-refractivity contribution is 5.97. The second-order valence-electron chi connectivity index (χ2n) is 5.65. The number of hydrogen-bond donors (Lipinski definition) is 3. The number of amides is 1. The quantitative estimate of drug-likeness (QED) is 0.767. The topological polar surface area (TPSA) is 105 Å². The number of hydrogen-bond acceptors (Lipinski definition) is 4. The van der Waals surface area contributed by atoms with E-state index in [2.05, 4.69) is 10.3 Å². The van der Waals surface area contributed by atoms with Gasteiger partial charge in [-0.05, 0) is 50.7 Å². The van der Waals surface area contributed by atoms with Crippen molar-refractivity contribution in [1.82, 2.24) is 4.98 Å². The van der Waals surface area contributed by atoms with E-state index in [0.29, 0.717) is 36.7 Å². The van der Waals surface area contributed by atoms with E-state index in [1.807, 2.05) is 6.92 Å². The minimum Gasteiger partial charge on any atom is -0.481 e. The van der Waals surface area contributed by atoms with Gasteiger partial charge in [-0.2, -0.15) is 0 Å². The van der Waals surface area contributed by atoms with Crippen LogP contribution in [0.4, 0.5) is 5.82 Å². The SMILES string of the molecule is Cc1ccc(C(N)=O)c(NCC2CCC(C(=O)O)CC2)n1. The average Bonchev–Trinajstić information content (AvgIpc) is 2.45. The number of pyridine rings is 1. The zero-order chi connectivity index (χ0) is 15.4. The molecular weight excluding hydrogens is 270 g/mol. The summed E-state index contributed by atoms with van der Waals surface area (Å²) in [5.41, 5.74) is 6.55. The van der Waals surface area contributed by atoms with Crippen molar-refractivity contribution in [2.75, 3.05) is 11.9 Å². The van der Waals surface area contributed by atoms with Crippen molar-refractivity contribution in [3.8, 4) is 0 Å². The molecule has 1 amide bonds. The number of carboxylic acid groups (broad SMARTS) is 1. The molecule has 1 aliphatic carbocycles. The number of primary amides is 1. The number of carboxylic acids is 1. The third kappa shape index (κ3) is 3.93. The first-order chi connectivity index (χ1) is 9.97. The molecular formula is C15H21N3O3. The van der Waals surface area contributed by atoms with Gasteiger partial charge in [0, 0.05) is 12.2 Å². The predicted molar refractivity (Wildman–Crippen MR) is 79.1 cm³/mol. The number of carbonyl (C=O) groups is 2. The van der Waals surface area contributed by atoms with Gasteiger partial charge in [0.15, 0.2) is 0 Å². The zero-order valence-corrected chi connectivity index (χ0v) is 12.1. The largest absolute Gasteiger partial charge is 0.481 e. The van der Waals surface area contributed by atoms with Gasteiger partial charge in [0.2, 0.25) is 0 Å². The van der Waals surface area contributed by atoms with Gasteiger partial charge in [-0.1, -0.05) is 0 Å². The summed E-state index contributed by atoms with van der Waals surface area (Å²) < 4.78 is 0. The highest BCUT2D eigenvalue weighted by Gasteiger charge is 2.26. The van der Waals surface area contributed by atoms with E-state index in [4.69, 9.17) is 10.8 Å². The fraction of sp³-hybridized carbons (Fsp3) is 0.533. The summed E-state index contributed by atoms with van der Waals surface area (Å²) in [6.45, 7) is 2.54. The fourth-order valence-corrected chi connectivity index (χ4v) is 2.74. The lowest BCUT2D eigenvalue weighted by atomic mass is 9.82. The van der Waals surface area contributed by atoms with E-state index in [9.17, 15) is 9.59 Å². The molecule has 1 aromatic rings. The molecule has 0 bridgehead atoms. The molecule has 0 spiro atoms. The van der Waals surface area contributed by atoms with Gasteiger partial charge in [0.05, 0.1) is 11.5 Å². The van der Waals surface area contributed by atoms with Crippen molar-refractivity contribution in [2.45, 2.75) is 32.6 Å². The summed E-state index contributed by atoms with van der Waals surface area (Å²) in [6.07, 6.45) is 3.18. The van der Waals surface area contributed by atoms with Crippen LogP contribution < -0.4 is 11.1 Å². The third-order valence-corrected chi connectivity index (χ3v) is 4.05. The molecule has 114 valence electrons. The Morgan fingerprint density at radius 3 is 2.57 bits per heavy atom. The van der Waals surface area contributed by atoms with Gasteiger partial charge in [-0.15, -0.1) is 0 Å². The fourth-order valence-electron chi connectivity index (χ4n) is 2.74. The van der Waals surface area contributed by atoms with Gasteiger partial charge in [0.25, 0.3) is 5.91 Å². The van der Waals surface area contributed by atoms with E-state index in [-0.39, 0.29) is 5.92 Å². The molecule has 1 aromatic heterocycles. The summed E-state index contributed by atoms with van der Waals surface area (Å²) in [5.74, 6) is -0.483. The van der Waals surface area contributed by atoms with Crippen molar-refractivity contribution in [3.63, 3.8) is 0 Å². The zero-order valence-electron chi connectivity index (χ0n) is 12.1. The van der Waals surface area contributed by atoms with Gasteiger partial charge in [-0.3, -0.25) is 9.59 Å². The maximum Gasteiger partial charge on any atom is 0.306 e. The Kier molecular flexibility index (Phi) is 4.77. The molecule has 6 nitrogen and oxygen atoms in total. The number of anilines is 1. The molecule has 1 saturated carbocycles. The molecule has 21 heavy (non-hydrogen) atoms. The molecule has 6 heteroatoms. The lowest BCUT2D eigenvalue weighted by Crippen LogP contribution is -2.26. The Bertz CT molecular complexity index is 537. The van der Waals surface area contributed by atoms with E-state index >= 15 is 0 Å². The molecule has 4 N–H and O–H groups in total. The van der Waals surface area contributed by atoms with Crippen LogP contribution in [0.15, 0.2) is 12.1 Å².